The molecule has 0 bridgehead atoms. The van der Waals surface area contributed by atoms with Crippen LogP contribution in [0.3, 0.4) is 0 Å². The van der Waals surface area contributed by atoms with Gasteiger partial charge < -0.3 is 23.8 Å². The minimum Gasteiger partial charge on any atom is -0.493 e. The smallest absolute Gasteiger partial charge is 0.392 e. The molecule has 32 heavy (non-hydrogen) atoms. The van der Waals surface area contributed by atoms with Crippen LogP contribution in [0.5, 0.6) is 11.5 Å². The van der Waals surface area contributed by atoms with E-state index in [0.29, 0.717) is 25.1 Å². The highest BCUT2D eigenvalue weighted by Gasteiger charge is 2.51. The maximum atomic E-state index is 13.1. The molecule has 2 saturated heterocycles. The number of piperidine rings is 1. The van der Waals surface area contributed by atoms with Gasteiger partial charge in [-0.15, -0.1) is 0 Å². The fourth-order valence-corrected chi connectivity index (χ4v) is 4.17. The van der Waals surface area contributed by atoms with Crippen molar-refractivity contribution in [1.29, 1.82) is 0 Å². The first-order valence-corrected chi connectivity index (χ1v) is 10.3. The molecule has 2 aromatic rings. The molecule has 0 N–H and O–H groups in total. The summed E-state index contributed by atoms with van der Waals surface area (Å²) in [5, 5.41) is 0. The SMILES string of the molecule is COc1cc(C(=O)N2CCC3(c4ccccc4)OCOC3C2)ccc1OCCC(F)(F)F. The molecule has 2 atom stereocenters. The molecule has 0 saturated carbocycles. The fraction of sp³-hybridized carbons (Fsp3) is 0.435. The Morgan fingerprint density at radius 2 is 1.97 bits per heavy atom. The third kappa shape index (κ3) is 4.54. The van der Waals surface area contributed by atoms with Gasteiger partial charge in [-0.1, -0.05) is 30.3 Å². The van der Waals surface area contributed by atoms with E-state index in [1.54, 1.807) is 4.90 Å². The molecule has 0 aliphatic carbocycles. The Morgan fingerprint density at radius 1 is 1.19 bits per heavy atom. The minimum atomic E-state index is -4.31. The summed E-state index contributed by atoms with van der Waals surface area (Å²) in [7, 11) is 1.37. The number of halogens is 3. The monoisotopic (exact) mass is 451 g/mol. The number of fused-ring (bicyclic) bond motifs is 1. The Hall–Kier alpha value is -2.78. The second-order valence-electron chi connectivity index (χ2n) is 7.75. The van der Waals surface area contributed by atoms with Gasteiger partial charge in [0.05, 0.1) is 26.7 Å². The third-order valence-corrected chi connectivity index (χ3v) is 5.85. The largest absolute Gasteiger partial charge is 0.493 e. The third-order valence-electron chi connectivity index (χ3n) is 5.85. The molecule has 2 aliphatic heterocycles. The molecule has 2 aromatic carbocycles. The summed E-state index contributed by atoms with van der Waals surface area (Å²) in [6, 6.07) is 14.3. The first-order chi connectivity index (χ1) is 15.3. The van der Waals surface area contributed by atoms with E-state index in [1.165, 1.54) is 25.3 Å². The molecule has 9 heteroatoms. The average Bonchev–Trinajstić information content (AvgIpc) is 3.23. The van der Waals surface area contributed by atoms with Gasteiger partial charge in [0, 0.05) is 18.5 Å². The molecule has 2 heterocycles. The molecule has 4 rings (SSSR count). The number of likely N-dealkylation sites (tertiary alicyclic amines) is 1. The van der Waals surface area contributed by atoms with Gasteiger partial charge in [-0.3, -0.25) is 4.79 Å². The number of carbonyl (C=O) groups excluding carboxylic acids is 1. The normalized spacial score (nSPS) is 23.0. The number of carbonyl (C=O) groups is 1. The van der Waals surface area contributed by atoms with Crippen LogP contribution < -0.4 is 9.47 Å². The zero-order valence-electron chi connectivity index (χ0n) is 17.6. The van der Waals surface area contributed by atoms with Crippen molar-refractivity contribution in [1.82, 2.24) is 4.90 Å². The van der Waals surface area contributed by atoms with Crippen molar-refractivity contribution in [2.24, 2.45) is 0 Å². The summed E-state index contributed by atoms with van der Waals surface area (Å²) >= 11 is 0. The Balaban J connectivity index is 1.46. The van der Waals surface area contributed by atoms with Gasteiger partial charge in [0.1, 0.15) is 18.5 Å². The van der Waals surface area contributed by atoms with Crippen molar-refractivity contribution in [2.45, 2.75) is 30.7 Å². The summed E-state index contributed by atoms with van der Waals surface area (Å²) in [4.78, 5) is 14.8. The van der Waals surface area contributed by atoms with Gasteiger partial charge in [0.25, 0.3) is 5.91 Å². The number of nitrogens with zero attached hydrogens (tertiary/aromatic N) is 1. The summed E-state index contributed by atoms with van der Waals surface area (Å²) in [5.74, 6) is 0.138. The van der Waals surface area contributed by atoms with Crippen molar-refractivity contribution in [2.75, 3.05) is 33.6 Å². The summed E-state index contributed by atoms with van der Waals surface area (Å²) in [5.41, 5.74) is 0.805. The van der Waals surface area contributed by atoms with E-state index in [0.717, 1.165) is 5.56 Å². The van der Waals surface area contributed by atoms with E-state index >= 15 is 0 Å². The minimum absolute atomic E-state index is 0.155. The predicted molar refractivity (Wildman–Crippen MR) is 109 cm³/mol. The van der Waals surface area contributed by atoms with Crippen LogP contribution in [0.25, 0.3) is 0 Å². The van der Waals surface area contributed by atoms with Gasteiger partial charge in [-0.25, -0.2) is 0 Å². The van der Waals surface area contributed by atoms with Gasteiger partial charge in [0.15, 0.2) is 11.5 Å². The maximum absolute atomic E-state index is 13.1. The first-order valence-electron chi connectivity index (χ1n) is 10.3. The number of rotatable bonds is 6. The second kappa shape index (κ2) is 8.99. The quantitative estimate of drug-likeness (QED) is 0.661. The van der Waals surface area contributed by atoms with E-state index in [1.807, 2.05) is 30.3 Å². The molecule has 172 valence electrons. The van der Waals surface area contributed by atoms with Crippen molar-refractivity contribution >= 4 is 5.91 Å². The Labute approximate surface area is 183 Å². The van der Waals surface area contributed by atoms with Crippen LogP contribution in [0.4, 0.5) is 13.2 Å². The van der Waals surface area contributed by atoms with E-state index in [2.05, 4.69) is 0 Å². The van der Waals surface area contributed by atoms with Gasteiger partial charge in [-0.05, 0) is 23.8 Å². The number of amides is 1. The van der Waals surface area contributed by atoms with Crippen molar-refractivity contribution in [3.8, 4) is 11.5 Å². The average molecular weight is 451 g/mol. The summed E-state index contributed by atoms with van der Waals surface area (Å²) in [6.07, 6.45) is -5.09. The molecule has 0 radical (unpaired) electrons. The standard InChI is InChI=1S/C23H24F3NO5/c1-29-19-13-16(7-8-18(19)30-12-10-23(24,25)26)21(28)27-11-9-22(17-5-3-2-4-6-17)20(14-27)31-15-32-22/h2-8,13,20H,9-12,14-15H2,1H3. The number of benzene rings is 2. The first kappa shape index (κ1) is 22.4. The molecular formula is C23H24F3NO5. The molecule has 2 aliphatic rings. The van der Waals surface area contributed by atoms with Crippen LogP contribution in [0.1, 0.15) is 28.8 Å². The molecular weight excluding hydrogens is 427 g/mol. The number of alkyl halides is 3. The van der Waals surface area contributed by atoms with Gasteiger partial charge in [-0.2, -0.15) is 13.2 Å². The van der Waals surface area contributed by atoms with Crippen LogP contribution >= 0.6 is 0 Å². The lowest BCUT2D eigenvalue weighted by molar-refractivity contribution is -0.139. The van der Waals surface area contributed by atoms with E-state index < -0.39 is 24.8 Å². The molecule has 2 fully saturated rings. The van der Waals surface area contributed by atoms with Crippen molar-refractivity contribution in [3.05, 3.63) is 59.7 Å². The van der Waals surface area contributed by atoms with Gasteiger partial charge in [0.2, 0.25) is 0 Å². The van der Waals surface area contributed by atoms with Crippen LogP contribution in [0.15, 0.2) is 48.5 Å². The molecule has 1 amide bonds. The topological polar surface area (TPSA) is 57.2 Å². The highest BCUT2D eigenvalue weighted by atomic mass is 19.4. The second-order valence-corrected chi connectivity index (χ2v) is 7.75. The van der Waals surface area contributed by atoms with Crippen LogP contribution in [-0.4, -0.2) is 56.7 Å². The van der Waals surface area contributed by atoms with Crippen LogP contribution in [0, 0.1) is 0 Å². The summed E-state index contributed by atoms with van der Waals surface area (Å²) in [6.45, 7) is 0.471. The molecule has 0 aromatic heterocycles. The predicted octanol–water partition coefficient (Wildman–Crippen LogP) is 4.14. The number of hydrogen-bond donors (Lipinski definition) is 0. The molecule has 0 spiro atoms. The van der Waals surface area contributed by atoms with Gasteiger partial charge >= 0.3 is 6.18 Å². The highest BCUT2D eigenvalue weighted by Crippen LogP contribution is 2.42. The maximum Gasteiger partial charge on any atom is 0.392 e. The lowest BCUT2D eigenvalue weighted by atomic mass is 9.82. The lowest BCUT2D eigenvalue weighted by Gasteiger charge is -2.42. The highest BCUT2D eigenvalue weighted by molar-refractivity contribution is 5.95. The Bertz CT molecular complexity index is 952. The number of ether oxygens (including phenoxy) is 4. The van der Waals surface area contributed by atoms with E-state index in [4.69, 9.17) is 18.9 Å². The zero-order chi connectivity index (χ0) is 22.8. The van der Waals surface area contributed by atoms with Crippen molar-refractivity contribution in [3.63, 3.8) is 0 Å². The van der Waals surface area contributed by atoms with E-state index in [-0.39, 0.29) is 30.3 Å². The summed E-state index contributed by atoms with van der Waals surface area (Å²) < 4.78 is 59.3. The lowest BCUT2D eigenvalue weighted by Crippen LogP contribution is -2.53. The van der Waals surface area contributed by atoms with Crippen LogP contribution in [0.2, 0.25) is 0 Å². The molecule has 6 nitrogen and oxygen atoms in total. The fourth-order valence-electron chi connectivity index (χ4n) is 4.17. The number of methoxy groups -OCH3 is 1. The van der Waals surface area contributed by atoms with Crippen molar-refractivity contribution < 1.29 is 36.9 Å². The van der Waals surface area contributed by atoms with Crippen LogP contribution in [-0.2, 0) is 15.1 Å². The number of hydrogen-bond acceptors (Lipinski definition) is 5. The van der Waals surface area contributed by atoms with E-state index in [9.17, 15) is 18.0 Å². The molecule has 2 unspecified atom stereocenters. The Morgan fingerprint density at radius 3 is 2.69 bits per heavy atom. The zero-order valence-corrected chi connectivity index (χ0v) is 17.6. The Kier molecular flexibility index (Phi) is 6.30.